The van der Waals surface area contributed by atoms with Gasteiger partial charge in [-0.25, -0.2) is 0 Å². The first-order valence-corrected chi connectivity index (χ1v) is 6.58. The summed E-state index contributed by atoms with van der Waals surface area (Å²) in [5.41, 5.74) is 0.886. The molecule has 0 heterocycles. The largest absolute Gasteiger partial charge is 0.124 e. The maximum absolute atomic E-state index is 2.44. The Kier molecular flexibility index (Phi) is 4.95. The van der Waals surface area contributed by atoms with Gasteiger partial charge in [0, 0.05) is 0 Å². The number of hydrogen-bond donors (Lipinski definition) is 0. The van der Waals surface area contributed by atoms with Crippen molar-refractivity contribution in [3.05, 3.63) is 0 Å². The average Bonchev–Trinajstić information content (AvgIpc) is 2.02. The van der Waals surface area contributed by atoms with Crippen molar-refractivity contribution in [3.63, 3.8) is 0 Å². The van der Waals surface area contributed by atoms with Crippen LogP contribution in [-0.2, 0) is 0 Å². The molecule has 0 aliphatic heterocycles. The van der Waals surface area contributed by atoms with Gasteiger partial charge in [-0.05, 0) is 23.7 Å². The summed E-state index contributed by atoms with van der Waals surface area (Å²) >= 11 is 0. The molecule has 0 radical (unpaired) electrons. The van der Waals surface area contributed by atoms with Crippen LogP contribution in [0.5, 0.6) is 0 Å². The van der Waals surface area contributed by atoms with Gasteiger partial charge in [0.2, 0.25) is 0 Å². The molecule has 0 amide bonds. The van der Waals surface area contributed by atoms with Crippen molar-refractivity contribution in [1.29, 1.82) is 0 Å². The van der Waals surface area contributed by atoms with Gasteiger partial charge < -0.3 is 0 Å². The quantitative estimate of drug-likeness (QED) is 0.546. The highest BCUT2D eigenvalue weighted by atomic mass is 14.4. The van der Waals surface area contributed by atoms with Gasteiger partial charge in [0.15, 0.2) is 0 Å². The van der Waals surface area contributed by atoms with Crippen molar-refractivity contribution in [2.45, 2.75) is 79.9 Å². The second-order valence-corrected chi connectivity index (χ2v) is 7.21. The Hall–Kier alpha value is 0.0649. The van der Waals surface area contributed by atoms with E-state index in [2.05, 4.69) is 55.3 Å². The number of hydrogen-bond acceptors (Lipinski definition) is 0. The topological polar surface area (TPSA) is 0 Å². The molecule has 0 spiro atoms. The van der Waals surface area contributed by atoms with E-state index in [9.17, 15) is 0 Å². The van der Waals surface area contributed by atoms with E-state index in [0.29, 0.717) is 16.1 Å². The Morgan fingerprint density at radius 3 is 1.67 bits per heavy atom. The minimum atomic E-state index is 0.433. The zero-order valence-corrected chi connectivity index (χ0v) is 12.3. The Morgan fingerprint density at radius 1 is 0.867 bits per heavy atom. The van der Waals surface area contributed by atoms with Crippen LogP contribution in [0.4, 0.5) is 0 Å². The van der Waals surface area contributed by atoms with E-state index >= 15 is 0 Å². The molecule has 0 saturated heterocycles. The first-order chi connectivity index (χ1) is 6.58. The molecule has 0 N–H and O–H groups in total. The fraction of sp³-hybridized carbons (Fsp3) is 1.00. The zero-order chi connectivity index (χ0) is 12.3. The first-order valence-electron chi connectivity index (χ1n) is 6.58. The molecule has 0 aliphatic rings. The molecule has 15 heavy (non-hydrogen) atoms. The van der Waals surface area contributed by atoms with E-state index in [1.807, 2.05) is 0 Å². The Labute approximate surface area is 98.5 Å². The van der Waals surface area contributed by atoms with Crippen LogP contribution in [0.3, 0.4) is 0 Å². The fourth-order valence-corrected chi connectivity index (χ4v) is 2.52. The third-order valence-corrected chi connectivity index (χ3v) is 4.58. The lowest BCUT2D eigenvalue weighted by Crippen LogP contribution is -2.36. The normalized spacial score (nSPS) is 14.1. The summed E-state index contributed by atoms with van der Waals surface area (Å²) in [6.07, 6.45) is 3.95. The van der Waals surface area contributed by atoms with E-state index in [4.69, 9.17) is 0 Å². The molecule has 90 valence electrons. The van der Waals surface area contributed by atoms with Gasteiger partial charge in [-0.15, -0.1) is 0 Å². The maximum Gasteiger partial charge on any atom is 0.124 e. The molecule has 0 fully saturated rings. The third-order valence-electron chi connectivity index (χ3n) is 4.58. The molecule has 0 bridgehead atoms. The molecular weight excluding hydrogens is 179 g/mol. The lowest BCUT2D eigenvalue weighted by Gasteiger charge is -2.46. The highest BCUT2D eigenvalue weighted by molar-refractivity contribution is 6.37. The van der Waals surface area contributed by atoms with E-state index in [0.717, 1.165) is 0 Å². The third kappa shape index (κ3) is 4.21. The second kappa shape index (κ2) is 4.93. The zero-order valence-electron chi connectivity index (χ0n) is 12.3. The lowest BCUT2D eigenvalue weighted by atomic mass is 9.48. The Morgan fingerprint density at radius 2 is 1.33 bits per heavy atom. The minimum absolute atomic E-state index is 0.433. The predicted octanol–water partition coefficient (Wildman–Crippen LogP) is 4.91. The van der Waals surface area contributed by atoms with E-state index < -0.39 is 0 Å². The Bertz CT molecular complexity index is 190. The summed E-state index contributed by atoms with van der Waals surface area (Å²) in [7, 11) is 1.28. The summed E-state index contributed by atoms with van der Waals surface area (Å²) in [5, 5.41) is 0.481. The van der Waals surface area contributed by atoms with Crippen LogP contribution in [0.15, 0.2) is 0 Å². The Balaban J connectivity index is 4.67. The van der Waals surface area contributed by atoms with E-state index in [-0.39, 0.29) is 0 Å². The highest BCUT2D eigenvalue weighted by Gasteiger charge is 2.39. The molecule has 0 aromatic rings. The SMILES string of the molecule is CBC(C)(C)CC(C)(C)C(C)(C)CCC. The summed E-state index contributed by atoms with van der Waals surface area (Å²) in [6.45, 7) is 19.2. The molecule has 0 unspecified atom stereocenters. The van der Waals surface area contributed by atoms with Crippen molar-refractivity contribution >= 4 is 7.28 Å². The molecule has 0 atom stereocenters. The predicted molar refractivity (Wildman–Crippen MR) is 74.1 cm³/mol. The summed E-state index contributed by atoms with van der Waals surface area (Å²) < 4.78 is 0. The van der Waals surface area contributed by atoms with Crippen molar-refractivity contribution < 1.29 is 0 Å². The van der Waals surface area contributed by atoms with Crippen molar-refractivity contribution in [2.75, 3.05) is 0 Å². The maximum atomic E-state index is 2.44. The summed E-state index contributed by atoms with van der Waals surface area (Å²) in [4.78, 5) is 0. The van der Waals surface area contributed by atoms with Gasteiger partial charge in [0.1, 0.15) is 7.28 Å². The van der Waals surface area contributed by atoms with Gasteiger partial charge in [0.25, 0.3) is 0 Å². The van der Waals surface area contributed by atoms with E-state index in [1.165, 1.54) is 26.5 Å². The monoisotopic (exact) mass is 210 g/mol. The highest BCUT2D eigenvalue weighted by Crippen LogP contribution is 2.50. The second-order valence-electron chi connectivity index (χ2n) is 7.21. The first kappa shape index (κ1) is 15.1. The summed E-state index contributed by atoms with van der Waals surface area (Å²) in [5.74, 6) is 0. The van der Waals surface area contributed by atoms with Crippen LogP contribution >= 0.6 is 0 Å². The van der Waals surface area contributed by atoms with Gasteiger partial charge in [0.05, 0.1) is 0 Å². The average molecular weight is 210 g/mol. The molecule has 0 aliphatic carbocycles. The van der Waals surface area contributed by atoms with E-state index in [1.54, 1.807) is 0 Å². The standard InChI is InChI=1S/C14H31B/c1-9-10-12(2,3)13(4,5)11-14(6,7)15-8/h15H,9-11H2,1-8H3. The minimum Gasteiger partial charge on any atom is -0.0889 e. The van der Waals surface area contributed by atoms with Gasteiger partial charge in [-0.3, -0.25) is 0 Å². The number of rotatable bonds is 6. The van der Waals surface area contributed by atoms with Gasteiger partial charge >= 0.3 is 0 Å². The molecule has 0 saturated carbocycles. The molecule has 0 aromatic heterocycles. The van der Waals surface area contributed by atoms with Crippen LogP contribution < -0.4 is 0 Å². The smallest absolute Gasteiger partial charge is 0.0889 e. The molecule has 0 rings (SSSR count). The van der Waals surface area contributed by atoms with Crippen LogP contribution in [0.25, 0.3) is 0 Å². The van der Waals surface area contributed by atoms with Crippen molar-refractivity contribution in [2.24, 2.45) is 10.8 Å². The molecule has 0 aromatic carbocycles. The van der Waals surface area contributed by atoms with Crippen LogP contribution in [0.2, 0.25) is 12.1 Å². The molecule has 1 heteroatoms. The fourth-order valence-electron chi connectivity index (χ4n) is 2.52. The molecular formula is C14H31B. The van der Waals surface area contributed by atoms with Crippen LogP contribution in [-0.4, -0.2) is 7.28 Å². The van der Waals surface area contributed by atoms with Crippen LogP contribution in [0, 0.1) is 10.8 Å². The van der Waals surface area contributed by atoms with Crippen molar-refractivity contribution in [3.8, 4) is 0 Å². The van der Waals surface area contributed by atoms with Crippen LogP contribution in [0.1, 0.15) is 67.7 Å². The summed E-state index contributed by atoms with van der Waals surface area (Å²) in [6, 6.07) is 0. The van der Waals surface area contributed by atoms with Gasteiger partial charge in [-0.1, -0.05) is 67.0 Å². The van der Waals surface area contributed by atoms with Gasteiger partial charge in [-0.2, -0.15) is 0 Å². The lowest BCUT2D eigenvalue weighted by molar-refractivity contribution is 0.0754. The van der Waals surface area contributed by atoms with Crippen molar-refractivity contribution in [1.82, 2.24) is 0 Å². The molecule has 0 nitrogen and oxygen atoms in total.